The van der Waals surface area contributed by atoms with Gasteiger partial charge in [0.05, 0.1) is 6.61 Å². The number of nitrogens with two attached hydrogens (primary N) is 1. The summed E-state index contributed by atoms with van der Waals surface area (Å²) in [7, 11) is 0. The Bertz CT molecular complexity index is 382. The summed E-state index contributed by atoms with van der Waals surface area (Å²) in [5.74, 6) is 0.484. The highest BCUT2D eigenvalue weighted by molar-refractivity contribution is 5.85. The number of benzene rings is 1. The molecule has 0 radical (unpaired) electrons. The average molecular weight is 276 g/mol. The minimum Gasteiger partial charge on any atom is -0.504 e. The number of para-hydroxylation sites is 1. The molecule has 0 spiro atoms. The van der Waals surface area contributed by atoms with Crippen LogP contribution in [0.4, 0.5) is 0 Å². The summed E-state index contributed by atoms with van der Waals surface area (Å²) in [6, 6.07) is 4.78. The molecule has 4 nitrogen and oxygen atoms in total. The van der Waals surface area contributed by atoms with E-state index in [0.717, 1.165) is 0 Å². The molecule has 4 N–H and O–H groups in total. The zero-order valence-corrected chi connectivity index (χ0v) is 11.8. The van der Waals surface area contributed by atoms with E-state index in [0.29, 0.717) is 17.9 Å². The molecular formula is C13H22ClNO3. The molecule has 0 aliphatic heterocycles. The maximum absolute atomic E-state index is 10.1. The van der Waals surface area contributed by atoms with E-state index in [4.69, 9.17) is 10.5 Å². The molecule has 0 aromatic heterocycles. The van der Waals surface area contributed by atoms with Crippen LogP contribution in [-0.4, -0.2) is 23.4 Å². The molecule has 0 unspecified atom stereocenters. The summed E-state index contributed by atoms with van der Waals surface area (Å²) in [4.78, 5) is 0. The van der Waals surface area contributed by atoms with Crippen molar-refractivity contribution in [2.24, 2.45) is 11.1 Å². The Hall–Kier alpha value is -0.970. The Morgan fingerprint density at radius 2 is 2.00 bits per heavy atom. The zero-order valence-electron chi connectivity index (χ0n) is 11.0. The van der Waals surface area contributed by atoms with Gasteiger partial charge in [0.1, 0.15) is 0 Å². The highest BCUT2D eigenvalue weighted by Crippen LogP contribution is 2.39. The van der Waals surface area contributed by atoms with Gasteiger partial charge < -0.3 is 20.7 Å². The molecule has 1 atom stereocenters. The second kappa shape index (κ2) is 6.83. The van der Waals surface area contributed by atoms with Gasteiger partial charge in [-0.25, -0.2) is 0 Å². The van der Waals surface area contributed by atoms with Crippen molar-refractivity contribution in [3.05, 3.63) is 23.8 Å². The first-order chi connectivity index (χ1) is 7.94. The zero-order chi connectivity index (χ0) is 13.1. The van der Waals surface area contributed by atoms with E-state index in [-0.39, 0.29) is 24.8 Å². The summed E-state index contributed by atoms with van der Waals surface area (Å²) >= 11 is 0. The number of rotatable bonds is 5. The molecule has 0 amide bonds. The van der Waals surface area contributed by atoms with Gasteiger partial charge in [-0.3, -0.25) is 0 Å². The van der Waals surface area contributed by atoms with Crippen LogP contribution in [0, 0.1) is 5.41 Å². The second-order valence-electron chi connectivity index (χ2n) is 4.75. The maximum Gasteiger partial charge on any atom is 0.162 e. The van der Waals surface area contributed by atoms with Crippen molar-refractivity contribution in [3.63, 3.8) is 0 Å². The van der Waals surface area contributed by atoms with E-state index in [1.165, 1.54) is 0 Å². The van der Waals surface area contributed by atoms with Crippen LogP contribution in [0.25, 0.3) is 0 Å². The average Bonchev–Trinajstić information content (AvgIpc) is 2.31. The highest BCUT2D eigenvalue weighted by atomic mass is 35.5. The first-order valence-corrected chi connectivity index (χ1v) is 5.75. The molecule has 0 saturated heterocycles. The predicted molar refractivity (Wildman–Crippen MR) is 74.3 cm³/mol. The van der Waals surface area contributed by atoms with Crippen LogP contribution in [0.15, 0.2) is 18.2 Å². The Kier molecular flexibility index (Phi) is 6.46. The third kappa shape index (κ3) is 3.51. The van der Waals surface area contributed by atoms with Gasteiger partial charge in [0.25, 0.3) is 0 Å². The van der Waals surface area contributed by atoms with E-state index in [1.807, 2.05) is 20.8 Å². The molecule has 0 aliphatic rings. The molecule has 5 heteroatoms. The molecule has 1 rings (SSSR count). The summed E-state index contributed by atoms with van der Waals surface area (Å²) < 4.78 is 5.31. The number of hydrogen-bond acceptors (Lipinski definition) is 4. The number of phenols is 1. The number of aromatic hydroxyl groups is 1. The molecule has 18 heavy (non-hydrogen) atoms. The Labute approximate surface area is 114 Å². The van der Waals surface area contributed by atoms with Crippen LogP contribution in [-0.2, 0) is 0 Å². The van der Waals surface area contributed by atoms with Gasteiger partial charge in [0, 0.05) is 23.6 Å². The van der Waals surface area contributed by atoms with E-state index >= 15 is 0 Å². The Morgan fingerprint density at radius 1 is 1.39 bits per heavy atom. The van der Waals surface area contributed by atoms with Gasteiger partial charge in [0.2, 0.25) is 0 Å². The van der Waals surface area contributed by atoms with E-state index in [9.17, 15) is 10.2 Å². The number of aliphatic hydroxyl groups is 1. The van der Waals surface area contributed by atoms with Crippen LogP contribution in [0.1, 0.15) is 32.4 Å². The molecule has 0 bridgehead atoms. The number of phenolic OH excluding ortho intramolecular Hbond substituents is 1. The van der Waals surface area contributed by atoms with E-state index < -0.39 is 11.5 Å². The minimum absolute atomic E-state index is 0. The Morgan fingerprint density at radius 3 is 2.50 bits per heavy atom. The summed E-state index contributed by atoms with van der Waals surface area (Å²) in [5, 5.41) is 19.4. The van der Waals surface area contributed by atoms with Crippen molar-refractivity contribution < 1.29 is 14.9 Å². The number of ether oxygens (including phenoxy) is 1. The Balaban J connectivity index is 0.00000289. The highest BCUT2D eigenvalue weighted by Gasteiger charge is 2.29. The van der Waals surface area contributed by atoms with Gasteiger partial charge in [-0.15, -0.1) is 12.4 Å². The fourth-order valence-electron chi connectivity index (χ4n) is 1.58. The smallest absolute Gasteiger partial charge is 0.162 e. The standard InChI is InChI=1S/C13H21NO3.ClH/c1-4-17-10-7-5-6-9(11(10)16)12(14)13(2,3)8-15;/h5-7,12,15-16H,4,8,14H2,1-3H3;1H/t12-;/m1./s1. The molecule has 104 valence electrons. The molecule has 0 saturated carbocycles. The first kappa shape index (κ1) is 17.0. The molecule has 0 aliphatic carbocycles. The predicted octanol–water partition coefficient (Wildman–Crippen LogP) is 2.23. The topological polar surface area (TPSA) is 75.7 Å². The van der Waals surface area contributed by atoms with Gasteiger partial charge in [-0.05, 0) is 13.0 Å². The maximum atomic E-state index is 10.1. The third-order valence-corrected chi connectivity index (χ3v) is 2.91. The van der Waals surface area contributed by atoms with Gasteiger partial charge in [-0.2, -0.15) is 0 Å². The summed E-state index contributed by atoms with van der Waals surface area (Å²) in [6.07, 6.45) is 0. The lowest BCUT2D eigenvalue weighted by molar-refractivity contribution is 0.131. The molecule has 0 fully saturated rings. The lowest BCUT2D eigenvalue weighted by Crippen LogP contribution is -2.32. The fourth-order valence-corrected chi connectivity index (χ4v) is 1.58. The summed E-state index contributed by atoms with van der Waals surface area (Å²) in [5.41, 5.74) is 6.17. The molecule has 1 aromatic rings. The molecule has 1 aromatic carbocycles. The van der Waals surface area contributed by atoms with Crippen molar-refractivity contribution in [1.29, 1.82) is 0 Å². The van der Waals surface area contributed by atoms with Crippen LogP contribution in [0.3, 0.4) is 0 Å². The van der Waals surface area contributed by atoms with E-state index in [1.54, 1.807) is 18.2 Å². The summed E-state index contributed by atoms with van der Waals surface area (Å²) in [6.45, 7) is 5.99. The number of halogens is 1. The number of aliphatic hydroxyl groups excluding tert-OH is 1. The third-order valence-electron chi connectivity index (χ3n) is 2.91. The molecular weight excluding hydrogens is 254 g/mol. The van der Waals surface area contributed by atoms with Crippen LogP contribution >= 0.6 is 12.4 Å². The monoisotopic (exact) mass is 275 g/mol. The van der Waals surface area contributed by atoms with Crippen LogP contribution < -0.4 is 10.5 Å². The van der Waals surface area contributed by atoms with Crippen molar-refractivity contribution >= 4 is 12.4 Å². The number of hydrogen-bond donors (Lipinski definition) is 3. The van der Waals surface area contributed by atoms with Crippen LogP contribution in [0.5, 0.6) is 11.5 Å². The van der Waals surface area contributed by atoms with Crippen molar-refractivity contribution in [1.82, 2.24) is 0 Å². The van der Waals surface area contributed by atoms with Crippen molar-refractivity contribution in [2.45, 2.75) is 26.8 Å². The van der Waals surface area contributed by atoms with Crippen molar-refractivity contribution in [2.75, 3.05) is 13.2 Å². The second-order valence-corrected chi connectivity index (χ2v) is 4.75. The SMILES string of the molecule is CCOc1cccc([C@@H](N)C(C)(C)CO)c1O.Cl. The van der Waals surface area contributed by atoms with Gasteiger partial charge in [0.15, 0.2) is 11.5 Å². The molecule has 0 heterocycles. The van der Waals surface area contributed by atoms with Crippen molar-refractivity contribution in [3.8, 4) is 11.5 Å². The minimum atomic E-state index is -0.498. The normalized spacial score (nSPS) is 12.7. The fraction of sp³-hybridized carbons (Fsp3) is 0.538. The lowest BCUT2D eigenvalue weighted by atomic mass is 9.81. The first-order valence-electron chi connectivity index (χ1n) is 5.75. The van der Waals surface area contributed by atoms with Crippen LogP contribution in [0.2, 0.25) is 0 Å². The quantitative estimate of drug-likeness (QED) is 0.770. The van der Waals surface area contributed by atoms with Gasteiger partial charge >= 0.3 is 0 Å². The lowest BCUT2D eigenvalue weighted by Gasteiger charge is -2.30. The largest absolute Gasteiger partial charge is 0.504 e. The van der Waals surface area contributed by atoms with E-state index in [2.05, 4.69) is 0 Å². The van der Waals surface area contributed by atoms with Gasteiger partial charge in [-0.1, -0.05) is 26.0 Å².